The Balaban J connectivity index is -0.0000000267. The maximum atomic E-state index is 9.81. The summed E-state index contributed by atoms with van der Waals surface area (Å²) < 4.78 is 0. The van der Waals surface area contributed by atoms with E-state index in [1.165, 1.54) is 0 Å². The summed E-state index contributed by atoms with van der Waals surface area (Å²) in [4.78, 5) is 9.81. The molecule has 0 bridgehead atoms. The number of Topliss-reactive ketones (excluding diaryl/α,β-unsaturated/α-hetero) is 1. The molecule has 0 aromatic rings. The fourth-order valence-electron chi connectivity index (χ4n) is 0. The summed E-state index contributed by atoms with van der Waals surface area (Å²) >= 11 is 0. The SMILES string of the molecule is C.C.C.CCC(C)=O. The summed E-state index contributed by atoms with van der Waals surface area (Å²) in [6.45, 7) is 3.43. The van der Waals surface area contributed by atoms with Gasteiger partial charge in [-0.2, -0.15) is 0 Å². The molecule has 0 spiro atoms. The van der Waals surface area contributed by atoms with Crippen LogP contribution in [0.3, 0.4) is 0 Å². The Morgan fingerprint density at radius 3 is 1.38 bits per heavy atom. The predicted molar refractivity (Wildman–Crippen MR) is 41.2 cm³/mol. The molecule has 0 fully saturated rings. The van der Waals surface area contributed by atoms with E-state index in [0.29, 0.717) is 6.42 Å². The number of hydrogen-bond donors (Lipinski definition) is 0. The van der Waals surface area contributed by atoms with Gasteiger partial charge in [-0.05, 0) is 6.92 Å². The lowest BCUT2D eigenvalue weighted by atomic mass is 10.4. The maximum absolute atomic E-state index is 9.81. The molecule has 0 N–H and O–H groups in total. The molecule has 1 heteroatoms. The Kier molecular flexibility index (Phi) is 50.4. The molecule has 0 aliphatic carbocycles. The third-order valence-corrected chi connectivity index (χ3v) is 0.498. The van der Waals surface area contributed by atoms with Gasteiger partial charge in [-0.15, -0.1) is 0 Å². The summed E-state index contributed by atoms with van der Waals surface area (Å²) in [6, 6.07) is 0. The van der Waals surface area contributed by atoms with Crippen LogP contribution in [-0.4, -0.2) is 5.78 Å². The van der Waals surface area contributed by atoms with Gasteiger partial charge in [0.2, 0.25) is 0 Å². The standard InChI is InChI=1S/C4H8O.3CH4/c1-3-4(2)5;;;/h3H2,1-2H3;3*1H4. The summed E-state index contributed by atoms with van der Waals surface area (Å²) in [5.74, 6) is 0.255. The quantitative estimate of drug-likeness (QED) is 0.520. The minimum absolute atomic E-state index is 0. The second-order valence-corrected chi connectivity index (χ2v) is 1.06. The molecular weight excluding hydrogens is 100 g/mol. The van der Waals surface area contributed by atoms with Crippen molar-refractivity contribution in [3.05, 3.63) is 0 Å². The first-order valence-corrected chi connectivity index (χ1v) is 1.76. The van der Waals surface area contributed by atoms with Crippen molar-refractivity contribution in [3.63, 3.8) is 0 Å². The zero-order chi connectivity index (χ0) is 4.28. The molecule has 0 amide bonds. The largest absolute Gasteiger partial charge is 0.300 e. The summed E-state index contributed by atoms with van der Waals surface area (Å²) in [5.41, 5.74) is 0. The average Bonchev–Trinajstić information content (AvgIpc) is 1.38. The van der Waals surface area contributed by atoms with Gasteiger partial charge in [0.15, 0.2) is 0 Å². The molecule has 8 heavy (non-hydrogen) atoms. The normalized spacial score (nSPS) is 4.75. The molecule has 0 heterocycles. The lowest BCUT2D eigenvalue weighted by Crippen LogP contribution is -1.80. The summed E-state index contributed by atoms with van der Waals surface area (Å²) in [5, 5.41) is 0. The van der Waals surface area contributed by atoms with Gasteiger partial charge in [0, 0.05) is 6.42 Å². The maximum Gasteiger partial charge on any atom is 0.129 e. The third-order valence-electron chi connectivity index (χ3n) is 0.498. The van der Waals surface area contributed by atoms with Crippen LogP contribution in [0.5, 0.6) is 0 Å². The second kappa shape index (κ2) is 15.9. The molecular formula is C7H20O. The Bertz CT molecular complexity index is 39.7. The molecule has 0 saturated heterocycles. The van der Waals surface area contributed by atoms with Gasteiger partial charge in [-0.1, -0.05) is 29.2 Å². The molecule has 0 radical (unpaired) electrons. The number of rotatable bonds is 1. The van der Waals surface area contributed by atoms with Crippen molar-refractivity contribution in [1.82, 2.24) is 0 Å². The average molecular weight is 120 g/mol. The van der Waals surface area contributed by atoms with Gasteiger partial charge >= 0.3 is 0 Å². The molecule has 0 saturated carbocycles. The first-order chi connectivity index (χ1) is 2.27. The first kappa shape index (κ1) is 25.3. The monoisotopic (exact) mass is 120 g/mol. The van der Waals surface area contributed by atoms with Crippen LogP contribution in [0, 0.1) is 0 Å². The van der Waals surface area contributed by atoms with Gasteiger partial charge in [0.05, 0.1) is 0 Å². The highest BCUT2D eigenvalue weighted by Gasteiger charge is 1.76. The molecule has 0 aliphatic heterocycles. The summed E-state index contributed by atoms with van der Waals surface area (Å²) in [6.07, 6.45) is 0.667. The van der Waals surface area contributed by atoms with Crippen LogP contribution in [0.4, 0.5) is 0 Å². The van der Waals surface area contributed by atoms with E-state index in [-0.39, 0.29) is 28.1 Å². The molecule has 0 aromatic heterocycles. The molecule has 0 rings (SSSR count). The number of carbonyl (C=O) groups excluding carboxylic acids is 1. The van der Waals surface area contributed by atoms with Gasteiger partial charge < -0.3 is 4.79 Å². The molecule has 0 atom stereocenters. The Hall–Kier alpha value is -0.330. The van der Waals surface area contributed by atoms with E-state index in [4.69, 9.17) is 0 Å². The minimum Gasteiger partial charge on any atom is -0.300 e. The second-order valence-electron chi connectivity index (χ2n) is 1.06. The fourth-order valence-corrected chi connectivity index (χ4v) is 0. The Morgan fingerprint density at radius 1 is 1.25 bits per heavy atom. The van der Waals surface area contributed by atoms with Crippen molar-refractivity contribution >= 4 is 5.78 Å². The molecule has 0 aromatic carbocycles. The third kappa shape index (κ3) is 44.3. The van der Waals surface area contributed by atoms with Crippen molar-refractivity contribution in [2.45, 2.75) is 42.5 Å². The van der Waals surface area contributed by atoms with Crippen LogP contribution < -0.4 is 0 Å². The van der Waals surface area contributed by atoms with E-state index in [9.17, 15) is 4.79 Å². The van der Waals surface area contributed by atoms with E-state index in [1.807, 2.05) is 6.92 Å². The van der Waals surface area contributed by atoms with E-state index < -0.39 is 0 Å². The van der Waals surface area contributed by atoms with E-state index in [1.54, 1.807) is 6.92 Å². The zero-order valence-electron chi connectivity index (χ0n) is 3.62. The summed E-state index contributed by atoms with van der Waals surface area (Å²) in [7, 11) is 0. The van der Waals surface area contributed by atoms with Gasteiger partial charge in [-0.3, -0.25) is 0 Å². The Morgan fingerprint density at radius 2 is 1.38 bits per heavy atom. The van der Waals surface area contributed by atoms with Gasteiger partial charge in [-0.25, -0.2) is 0 Å². The van der Waals surface area contributed by atoms with Crippen molar-refractivity contribution in [3.8, 4) is 0 Å². The van der Waals surface area contributed by atoms with Crippen LogP contribution in [0.15, 0.2) is 0 Å². The van der Waals surface area contributed by atoms with Crippen molar-refractivity contribution in [2.75, 3.05) is 0 Å². The minimum atomic E-state index is 0. The lowest BCUT2D eigenvalue weighted by Gasteiger charge is -1.71. The van der Waals surface area contributed by atoms with E-state index in [0.717, 1.165) is 0 Å². The number of carbonyl (C=O) groups is 1. The fraction of sp³-hybridized carbons (Fsp3) is 0.857. The van der Waals surface area contributed by atoms with Crippen molar-refractivity contribution < 1.29 is 4.79 Å². The van der Waals surface area contributed by atoms with Crippen LogP contribution in [0.25, 0.3) is 0 Å². The van der Waals surface area contributed by atoms with Crippen LogP contribution in [-0.2, 0) is 4.79 Å². The Labute approximate surface area is 54.1 Å². The van der Waals surface area contributed by atoms with Crippen LogP contribution in [0.2, 0.25) is 0 Å². The van der Waals surface area contributed by atoms with Crippen LogP contribution >= 0.6 is 0 Å². The highest BCUT2D eigenvalue weighted by molar-refractivity contribution is 5.74. The first-order valence-electron chi connectivity index (χ1n) is 1.76. The molecule has 54 valence electrons. The number of ketones is 1. The molecule has 0 aliphatic rings. The van der Waals surface area contributed by atoms with E-state index in [2.05, 4.69) is 0 Å². The number of hydrogen-bond acceptors (Lipinski definition) is 1. The van der Waals surface area contributed by atoms with Gasteiger partial charge in [0.1, 0.15) is 5.78 Å². The highest BCUT2D eigenvalue weighted by Crippen LogP contribution is 1.71. The molecule has 1 nitrogen and oxygen atoms in total. The predicted octanol–water partition coefficient (Wildman–Crippen LogP) is 2.89. The smallest absolute Gasteiger partial charge is 0.129 e. The lowest BCUT2D eigenvalue weighted by molar-refractivity contribution is -0.116. The van der Waals surface area contributed by atoms with Crippen LogP contribution in [0.1, 0.15) is 42.5 Å². The van der Waals surface area contributed by atoms with Gasteiger partial charge in [0.25, 0.3) is 0 Å². The van der Waals surface area contributed by atoms with Crippen molar-refractivity contribution in [1.29, 1.82) is 0 Å². The van der Waals surface area contributed by atoms with Crippen molar-refractivity contribution in [2.24, 2.45) is 0 Å². The topological polar surface area (TPSA) is 17.1 Å². The molecule has 0 unspecified atom stereocenters. The zero-order valence-corrected chi connectivity index (χ0v) is 3.62. The highest BCUT2D eigenvalue weighted by atomic mass is 16.1. The van der Waals surface area contributed by atoms with E-state index >= 15 is 0 Å².